The summed E-state index contributed by atoms with van der Waals surface area (Å²) in [5.41, 5.74) is 3.04. The molecule has 6 nitrogen and oxygen atoms in total. The first-order valence-corrected chi connectivity index (χ1v) is 11.3. The Balaban J connectivity index is 2.22. The van der Waals surface area contributed by atoms with E-state index in [9.17, 15) is 9.59 Å². The molecule has 1 N–H and O–H groups in total. The van der Waals surface area contributed by atoms with Gasteiger partial charge in [0.1, 0.15) is 17.5 Å². The lowest BCUT2D eigenvalue weighted by molar-refractivity contribution is -0.143. The molecule has 0 aromatic heterocycles. The van der Waals surface area contributed by atoms with E-state index in [0.29, 0.717) is 31.0 Å². The van der Waals surface area contributed by atoms with Gasteiger partial charge in [0, 0.05) is 13.1 Å². The van der Waals surface area contributed by atoms with Gasteiger partial charge in [-0.25, -0.2) is 0 Å². The molecular formula is C26H36N2O4. The van der Waals surface area contributed by atoms with Crippen LogP contribution in [0.25, 0.3) is 0 Å². The summed E-state index contributed by atoms with van der Waals surface area (Å²) in [5.74, 6) is 0.993. The van der Waals surface area contributed by atoms with E-state index in [2.05, 4.69) is 18.3 Å². The normalized spacial score (nSPS) is 11.5. The molecule has 2 aromatic rings. The van der Waals surface area contributed by atoms with Crippen LogP contribution in [0, 0.1) is 13.8 Å². The first-order valence-electron chi connectivity index (χ1n) is 11.3. The van der Waals surface area contributed by atoms with Gasteiger partial charge in [-0.05, 0) is 67.6 Å². The first-order chi connectivity index (χ1) is 15.4. The average Bonchev–Trinajstić information content (AvgIpc) is 2.77. The van der Waals surface area contributed by atoms with Gasteiger partial charge in [0.25, 0.3) is 5.91 Å². The maximum absolute atomic E-state index is 13.3. The number of benzene rings is 2. The van der Waals surface area contributed by atoms with Crippen LogP contribution in [0.4, 0.5) is 0 Å². The molecule has 2 rings (SSSR count). The van der Waals surface area contributed by atoms with Crippen LogP contribution >= 0.6 is 0 Å². The molecule has 2 aromatic carbocycles. The highest BCUT2D eigenvalue weighted by Gasteiger charge is 2.29. The standard InChI is InChI=1S/C26H36N2O4/c1-6-8-12-27-26(30)24(7-2)28(17-21-10-9-11-22(16-21)31-5)25(29)18-32-23-14-19(3)13-20(4)15-23/h9-11,13-16,24H,6-8,12,17-18H2,1-5H3,(H,27,30). The van der Waals surface area contributed by atoms with E-state index in [-0.39, 0.29) is 18.4 Å². The second-order valence-electron chi connectivity index (χ2n) is 8.05. The molecule has 1 atom stereocenters. The van der Waals surface area contributed by atoms with Crippen LogP contribution in [-0.4, -0.2) is 43.0 Å². The van der Waals surface area contributed by atoms with Gasteiger partial charge in [-0.2, -0.15) is 0 Å². The topological polar surface area (TPSA) is 67.9 Å². The minimum atomic E-state index is -0.576. The minimum absolute atomic E-state index is 0.133. The van der Waals surface area contributed by atoms with Gasteiger partial charge in [0.05, 0.1) is 7.11 Å². The number of nitrogens with zero attached hydrogens (tertiary/aromatic N) is 1. The van der Waals surface area contributed by atoms with Crippen LogP contribution in [0.15, 0.2) is 42.5 Å². The van der Waals surface area contributed by atoms with Crippen molar-refractivity contribution in [2.24, 2.45) is 0 Å². The molecule has 174 valence electrons. The van der Waals surface area contributed by atoms with E-state index >= 15 is 0 Å². The molecule has 6 heteroatoms. The minimum Gasteiger partial charge on any atom is -0.497 e. The molecule has 0 heterocycles. The number of unbranched alkanes of at least 4 members (excludes halogenated alkanes) is 1. The third kappa shape index (κ3) is 7.59. The Morgan fingerprint density at radius 3 is 2.38 bits per heavy atom. The maximum atomic E-state index is 13.3. The zero-order valence-corrected chi connectivity index (χ0v) is 19.9. The largest absolute Gasteiger partial charge is 0.497 e. The predicted octanol–water partition coefficient (Wildman–Crippen LogP) is 4.41. The number of rotatable bonds is 12. The van der Waals surface area contributed by atoms with Crippen molar-refractivity contribution in [2.75, 3.05) is 20.3 Å². The fourth-order valence-corrected chi connectivity index (χ4v) is 3.64. The highest BCUT2D eigenvalue weighted by molar-refractivity contribution is 5.88. The molecule has 1 unspecified atom stereocenters. The van der Waals surface area contributed by atoms with Crippen molar-refractivity contribution in [3.63, 3.8) is 0 Å². The summed E-state index contributed by atoms with van der Waals surface area (Å²) in [6, 6.07) is 12.8. The van der Waals surface area contributed by atoms with Gasteiger partial charge in [-0.15, -0.1) is 0 Å². The van der Waals surface area contributed by atoms with E-state index in [0.717, 1.165) is 29.5 Å². The number of aryl methyl sites for hydroxylation is 2. The van der Waals surface area contributed by atoms with Gasteiger partial charge in [-0.3, -0.25) is 9.59 Å². The Bertz CT molecular complexity index is 877. The van der Waals surface area contributed by atoms with Crippen LogP contribution in [0.2, 0.25) is 0 Å². The molecule has 0 aliphatic carbocycles. The molecule has 0 bridgehead atoms. The Hall–Kier alpha value is -3.02. The number of carbonyl (C=O) groups is 2. The lowest BCUT2D eigenvalue weighted by atomic mass is 10.1. The lowest BCUT2D eigenvalue weighted by Crippen LogP contribution is -2.50. The van der Waals surface area contributed by atoms with Crippen LogP contribution in [0.3, 0.4) is 0 Å². The number of carbonyl (C=O) groups excluding carboxylic acids is 2. The summed E-state index contributed by atoms with van der Waals surface area (Å²) in [4.78, 5) is 27.8. The van der Waals surface area contributed by atoms with Crippen molar-refractivity contribution in [1.82, 2.24) is 10.2 Å². The Morgan fingerprint density at radius 1 is 1.03 bits per heavy atom. The Labute approximate surface area is 191 Å². The molecule has 32 heavy (non-hydrogen) atoms. The second-order valence-corrected chi connectivity index (χ2v) is 8.05. The van der Waals surface area contributed by atoms with Gasteiger partial charge in [0.2, 0.25) is 5.91 Å². The molecular weight excluding hydrogens is 404 g/mol. The van der Waals surface area contributed by atoms with Gasteiger partial charge < -0.3 is 19.7 Å². The molecule has 0 fully saturated rings. The SMILES string of the molecule is CCCCNC(=O)C(CC)N(Cc1cccc(OC)c1)C(=O)COc1cc(C)cc(C)c1. The summed E-state index contributed by atoms with van der Waals surface area (Å²) < 4.78 is 11.1. The highest BCUT2D eigenvalue weighted by atomic mass is 16.5. The van der Waals surface area contributed by atoms with Crippen molar-refractivity contribution < 1.29 is 19.1 Å². The molecule has 0 saturated heterocycles. The maximum Gasteiger partial charge on any atom is 0.261 e. The lowest BCUT2D eigenvalue weighted by Gasteiger charge is -2.30. The summed E-state index contributed by atoms with van der Waals surface area (Å²) in [6.07, 6.45) is 2.41. The third-order valence-electron chi connectivity index (χ3n) is 5.26. The van der Waals surface area contributed by atoms with Crippen LogP contribution < -0.4 is 14.8 Å². The highest BCUT2D eigenvalue weighted by Crippen LogP contribution is 2.19. The quantitative estimate of drug-likeness (QED) is 0.496. The summed E-state index contributed by atoms with van der Waals surface area (Å²) in [7, 11) is 1.61. The number of hydrogen-bond donors (Lipinski definition) is 1. The molecule has 0 saturated carbocycles. The van der Waals surface area contributed by atoms with Crippen LogP contribution in [0.5, 0.6) is 11.5 Å². The van der Waals surface area contributed by atoms with Crippen molar-refractivity contribution >= 4 is 11.8 Å². The zero-order chi connectivity index (χ0) is 23.5. The molecule has 0 radical (unpaired) electrons. The fraction of sp³-hybridized carbons (Fsp3) is 0.462. The summed E-state index contributed by atoms with van der Waals surface area (Å²) in [6.45, 7) is 8.74. The Morgan fingerprint density at radius 2 is 1.75 bits per heavy atom. The summed E-state index contributed by atoms with van der Waals surface area (Å²) in [5, 5.41) is 2.97. The van der Waals surface area contributed by atoms with E-state index in [1.807, 2.05) is 57.2 Å². The Kier molecular flexibility index (Phi) is 10.1. The third-order valence-corrected chi connectivity index (χ3v) is 5.26. The zero-order valence-electron chi connectivity index (χ0n) is 19.9. The van der Waals surface area contributed by atoms with Crippen molar-refractivity contribution in [1.29, 1.82) is 0 Å². The van der Waals surface area contributed by atoms with E-state index in [1.54, 1.807) is 12.0 Å². The number of amides is 2. The molecule has 0 spiro atoms. The van der Waals surface area contributed by atoms with Crippen LogP contribution in [-0.2, 0) is 16.1 Å². The number of nitrogens with one attached hydrogen (secondary N) is 1. The molecule has 2 amide bonds. The van der Waals surface area contributed by atoms with E-state index in [1.165, 1.54) is 0 Å². The van der Waals surface area contributed by atoms with Gasteiger partial charge in [0.15, 0.2) is 6.61 Å². The monoisotopic (exact) mass is 440 g/mol. The second kappa shape index (κ2) is 12.7. The smallest absolute Gasteiger partial charge is 0.261 e. The van der Waals surface area contributed by atoms with Gasteiger partial charge in [-0.1, -0.05) is 38.5 Å². The van der Waals surface area contributed by atoms with E-state index < -0.39 is 6.04 Å². The predicted molar refractivity (Wildman–Crippen MR) is 127 cm³/mol. The van der Waals surface area contributed by atoms with Gasteiger partial charge >= 0.3 is 0 Å². The number of methoxy groups -OCH3 is 1. The molecule has 0 aliphatic rings. The average molecular weight is 441 g/mol. The molecule has 0 aliphatic heterocycles. The fourth-order valence-electron chi connectivity index (χ4n) is 3.64. The summed E-state index contributed by atoms with van der Waals surface area (Å²) >= 11 is 0. The number of hydrogen-bond acceptors (Lipinski definition) is 4. The van der Waals surface area contributed by atoms with Crippen molar-refractivity contribution in [2.45, 2.75) is 59.5 Å². The first kappa shape index (κ1) is 25.2. The van der Waals surface area contributed by atoms with Crippen molar-refractivity contribution in [3.8, 4) is 11.5 Å². The number of ether oxygens (including phenoxy) is 2. The van der Waals surface area contributed by atoms with E-state index in [4.69, 9.17) is 9.47 Å². The van der Waals surface area contributed by atoms with Crippen molar-refractivity contribution in [3.05, 3.63) is 59.2 Å². The van der Waals surface area contributed by atoms with Crippen LogP contribution in [0.1, 0.15) is 49.8 Å².